The number of benzene rings is 1. The van der Waals surface area contributed by atoms with E-state index in [4.69, 9.17) is 11.6 Å². The molecule has 23 heavy (non-hydrogen) atoms. The highest BCUT2D eigenvalue weighted by Gasteiger charge is 2.17. The van der Waals surface area contributed by atoms with Gasteiger partial charge in [-0.3, -0.25) is 0 Å². The van der Waals surface area contributed by atoms with Crippen LogP contribution in [0.3, 0.4) is 0 Å². The van der Waals surface area contributed by atoms with Crippen LogP contribution in [0.2, 0.25) is 5.02 Å². The predicted molar refractivity (Wildman–Crippen MR) is 91.8 cm³/mol. The molecule has 1 aromatic carbocycles. The fraction of sp³-hybridized carbons (Fsp3) is 0.294. The van der Waals surface area contributed by atoms with Crippen molar-refractivity contribution in [2.75, 3.05) is 18.0 Å². The van der Waals surface area contributed by atoms with E-state index < -0.39 is 0 Å². The van der Waals surface area contributed by atoms with Crippen molar-refractivity contribution in [3.63, 3.8) is 0 Å². The molecule has 4 rings (SSSR count). The van der Waals surface area contributed by atoms with Crippen LogP contribution in [0.1, 0.15) is 12.8 Å². The van der Waals surface area contributed by atoms with Crippen molar-refractivity contribution >= 4 is 28.5 Å². The second kappa shape index (κ2) is 5.83. The lowest BCUT2D eigenvalue weighted by Gasteiger charge is -2.31. The molecule has 1 aliphatic rings. The minimum absolute atomic E-state index is 0.152. The number of fused-ring (bicyclic) bond motifs is 1. The first-order valence-electron chi connectivity index (χ1n) is 7.74. The van der Waals surface area contributed by atoms with Crippen LogP contribution in [0, 0.1) is 0 Å². The zero-order chi connectivity index (χ0) is 15.8. The zero-order valence-corrected chi connectivity index (χ0v) is 13.3. The van der Waals surface area contributed by atoms with Crippen molar-refractivity contribution in [3.05, 3.63) is 41.6 Å². The summed E-state index contributed by atoms with van der Waals surface area (Å²) in [7, 11) is 0. The van der Waals surface area contributed by atoms with Gasteiger partial charge in [-0.05, 0) is 43.2 Å². The molecule has 3 heterocycles. The molecule has 118 valence electrons. The van der Waals surface area contributed by atoms with Crippen LogP contribution < -0.4 is 4.90 Å². The summed E-state index contributed by atoms with van der Waals surface area (Å²) in [4.78, 5) is 14.3. The molecule has 0 atom stereocenters. The van der Waals surface area contributed by atoms with Gasteiger partial charge in [0.25, 0.3) is 0 Å². The number of hydrogen-bond donors (Lipinski definition) is 2. The number of hydrogen-bond acceptors (Lipinski definition) is 4. The maximum absolute atomic E-state index is 9.60. The fourth-order valence-corrected chi connectivity index (χ4v) is 3.12. The van der Waals surface area contributed by atoms with E-state index in [1.807, 2.05) is 6.07 Å². The third-order valence-electron chi connectivity index (χ3n) is 4.27. The number of nitrogens with zero attached hydrogens (tertiary/aromatic N) is 3. The summed E-state index contributed by atoms with van der Waals surface area (Å²) >= 11 is 5.96. The largest absolute Gasteiger partial charge is 0.393 e. The molecule has 6 heteroatoms. The van der Waals surface area contributed by atoms with E-state index >= 15 is 0 Å². The van der Waals surface area contributed by atoms with Crippen LogP contribution in [-0.2, 0) is 0 Å². The highest BCUT2D eigenvalue weighted by molar-refractivity contribution is 6.31. The van der Waals surface area contributed by atoms with E-state index in [2.05, 4.69) is 44.1 Å². The molecule has 5 nitrogen and oxygen atoms in total. The molecule has 1 fully saturated rings. The molecule has 0 radical (unpaired) electrons. The van der Waals surface area contributed by atoms with Crippen LogP contribution in [0.15, 0.2) is 36.5 Å². The summed E-state index contributed by atoms with van der Waals surface area (Å²) < 4.78 is 0. The van der Waals surface area contributed by atoms with Crippen LogP contribution in [0.5, 0.6) is 0 Å². The van der Waals surface area contributed by atoms with Crippen molar-refractivity contribution in [1.82, 2.24) is 15.0 Å². The monoisotopic (exact) mass is 328 g/mol. The van der Waals surface area contributed by atoms with Crippen LogP contribution >= 0.6 is 11.6 Å². The smallest absolute Gasteiger partial charge is 0.178 e. The van der Waals surface area contributed by atoms with Crippen molar-refractivity contribution in [2.24, 2.45) is 0 Å². The first-order chi connectivity index (χ1) is 11.2. The Labute approximate surface area is 138 Å². The second-order valence-corrected chi connectivity index (χ2v) is 6.31. The van der Waals surface area contributed by atoms with Gasteiger partial charge >= 0.3 is 0 Å². The lowest BCUT2D eigenvalue weighted by molar-refractivity contribution is 0.145. The van der Waals surface area contributed by atoms with Crippen molar-refractivity contribution in [2.45, 2.75) is 18.9 Å². The third-order valence-corrected chi connectivity index (χ3v) is 4.48. The predicted octanol–water partition coefficient (Wildman–Crippen LogP) is 3.24. The highest BCUT2D eigenvalue weighted by Crippen LogP contribution is 2.25. The van der Waals surface area contributed by atoms with Crippen LogP contribution in [0.25, 0.3) is 22.6 Å². The van der Waals surface area contributed by atoms with E-state index in [1.165, 1.54) is 5.69 Å². The average Bonchev–Trinajstić information content (AvgIpc) is 2.99. The summed E-state index contributed by atoms with van der Waals surface area (Å²) in [6.45, 7) is 1.79. The molecule has 1 saturated heterocycles. The third kappa shape index (κ3) is 2.90. The minimum Gasteiger partial charge on any atom is -0.393 e. The summed E-state index contributed by atoms with van der Waals surface area (Å²) in [5.41, 5.74) is 3.69. The minimum atomic E-state index is -0.152. The topological polar surface area (TPSA) is 65.0 Å². The number of nitrogens with one attached hydrogen (secondary N) is 1. The number of imidazole rings is 1. The molecule has 0 aliphatic carbocycles. The second-order valence-electron chi connectivity index (χ2n) is 5.88. The number of rotatable bonds is 2. The summed E-state index contributed by atoms with van der Waals surface area (Å²) in [6.07, 6.45) is 3.11. The molecular formula is C17H17ClN4O. The maximum atomic E-state index is 9.60. The van der Waals surface area contributed by atoms with E-state index in [9.17, 15) is 5.11 Å². The normalized spacial score (nSPS) is 16.2. The molecule has 2 aromatic heterocycles. The Bertz CT molecular complexity index is 822. The van der Waals surface area contributed by atoms with Gasteiger partial charge in [-0.25, -0.2) is 9.97 Å². The van der Waals surface area contributed by atoms with Gasteiger partial charge in [0.1, 0.15) is 5.82 Å². The number of pyridine rings is 1. The van der Waals surface area contributed by atoms with E-state index in [0.29, 0.717) is 10.7 Å². The zero-order valence-electron chi connectivity index (χ0n) is 12.5. The molecule has 0 unspecified atom stereocenters. The average molecular weight is 329 g/mol. The van der Waals surface area contributed by atoms with Gasteiger partial charge in [-0.1, -0.05) is 11.6 Å². The van der Waals surface area contributed by atoms with Gasteiger partial charge in [-0.2, -0.15) is 0 Å². The Kier molecular flexibility index (Phi) is 3.67. The first kappa shape index (κ1) is 14.5. The van der Waals surface area contributed by atoms with Gasteiger partial charge in [0.15, 0.2) is 5.65 Å². The van der Waals surface area contributed by atoms with Gasteiger partial charge in [0.2, 0.25) is 0 Å². The Morgan fingerprint density at radius 1 is 1.17 bits per heavy atom. The van der Waals surface area contributed by atoms with Crippen molar-refractivity contribution in [1.29, 1.82) is 0 Å². The number of aromatic amines is 1. The van der Waals surface area contributed by atoms with Crippen molar-refractivity contribution < 1.29 is 5.11 Å². The Hall–Kier alpha value is -2.11. The Morgan fingerprint density at radius 2 is 1.91 bits per heavy atom. The number of aliphatic hydroxyl groups excluding tert-OH is 1. The lowest BCUT2D eigenvalue weighted by atomic mass is 10.1. The lowest BCUT2D eigenvalue weighted by Crippen LogP contribution is -2.35. The summed E-state index contributed by atoms with van der Waals surface area (Å²) in [5.74, 6) is 0.787. The number of halogens is 1. The fourth-order valence-electron chi connectivity index (χ4n) is 2.97. The molecule has 3 aromatic rings. The number of aromatic nitrogens is 3. The quantitative estimate of drug-likeness (QED) is 0.758. The highest BCUT2D eigenvalue weighted by atomic mass is 35.5. The van der Waals surface area contributed by atoms with Crippen LogP contribution in [0.4, 0.5) is 5.69 Å². The first-order valence-corrected chi connectivity index (χ1v) is 8.11. The number of anilines is 1. The number of H-pyrrole nitrogens is 1. The van der Waals surface area contributed by atoms with Crippen LogP contribution in [-0.4, -0.2) is 39.3 Å². The van der Waals surface area contributed by atoms with E-state index in [1.54, 1.807) is 6.20 Å². The van der Waals surface area contributed by atoms with Crippen molar-refractivity contribution in [3.8, 4) is 11.4 Å². The van der Waals surface area contributed by atoms with Gasteiger partial charge in [0.05, 0.1) is 16.6 Å². The number of piperidine rings is 1. The van der Waals surface area contributed by atoms with E-state index in [0.717, 1.165) is 42.8 Å². The van der Waals surface area contributed by atoms with Gasteiger partial charge < -0.3 is 15.0 Å². The number of aliphatic hydroxyl groups is 1. The van der Waals surface area contributed by atoms with E-state index in [-0.39, 0.29) is 6.10 Å². The molecule has 2 N–H and O–H groups in total. The Balaban J connectivity index is 1.59. The molecule has 0 saturated carbocycles. The standard InChI is InChI=1S/C17H17ClN4O/c18-12-9-15-17(19-10-12)21-16(20-15)11-1-3-13(4-2-11)22-7-5-14(23)6-8-22/h1-4,9-10,14,23H,5-8H2,(H,19,20,21). The SMILES string of the molecule is OC1CCN(c2ccc(-c3nc4ncc(Cl)cc4[nH]3)cc2)CC1. The molecule has 0 bridgehead atoms. The van der Waals surface area contributed by atoms with Gasteiger partial charge in [0, 0.05) is 30.5 Å². The molecule has 1 aliphatic heterocycles. The summed E-state index contributed by atoms with van der Waals surface area (Å²) in [5, 5.41) is 10.2. The molecular weight excluding hydrogens is 312 g/mol. The molecule has 0 spiro atoms. The van der Waals surface area contributed by atoms with Gasteiger partial charge in [-0.15, -0.1) is 0 Å². The Morgan fingerprint density at radius 3 is 2.65 bits per heavy atom. The molecule has 0 amide bonds. The summed E-state index contributed by atoms with van der Waals surface area (Å²) in [6, 6.07) is 10.1. The maximum Gasteiger partial charge on any atom is 0.178 e.